The van der Waals surface area contributed by atoms with Crippen LogP contribution in [0.4, 0.5) is 13.2 Å². The van der Waals surface area contributed by atoms with E-state index in [0.29, 0.717) is 5.52 Å². The SMILES string of the molecule is Cc1cnc2c(C)cccc2c1C(F)(F)F. The fourth-order valence-electron chi connectivity index (χ4n) is 1.85. The number of nitrogens with zero attached hydrogens (tertiary/aromatic N) is 1. The highest BCUT2D eigenvalue weighted by molar-refractivity contribution is 5.86. The highest BCUT2D eigenvalue weighted by atomic mass is 19.4. The van der Waals surface area contributed by atoms with Crippen molar-refractivity contribution in [3.63, 3.8) is 0 Å². The summed E-state index contributed by atoms with van der Waals surface area (Å²) in [4.78, 5) is 4.05. The molecule has 1 aromatic carbocycles. The molecule has 0 N–H and O–H groups in total. The highest BCUT2D eigenvalue weighted by Crippen LogP contribution is 2.36. The first kappa shape index (κ1) is 10.9. The van der Waals surface area contributed by atoms with Gasteiger partial charge < -0.3 is 0 Å². The van der Waals surface area contributed by atoms with Crippen LogP contribution in [0.5, 0.6) is 0 Å². The summed E-state index contributed by atoms with van der Waals surface area (Å²) in [6, 6.07) is 4.84. The van der Waals surface area contributed by atoms with Crippen LogP contribution in [0.25, 0.3) is 10.9 Å². The molecule has 0 saturated heterocycles. The second-order valence-corrected chi connectivity index (χ2v) is 3.79. The zero-order valence-electron chi connectivity index (χ0n) is 8.89. The van der Waals surface area contributed by atoms with Gasteiger partial charge in [-0.1, -0.05) is 18.2 Å². The normalized spacial score (nSPS) is 12.1. The smallest absolute Gasteiger partial charge is 0.256 e. The molecular formula is C12H10F3N. The first-order valence-electron chi connectivity index (χ1n) is 4.83. The minimum atomic E-state index is -4.33. The lowest BCUT2D eigenvalue weighted by Gasteiger charge is -2.13. The van der Waals surface area contributed by atoms with E-state index in [1.54, 1.807) is 19.1 Å². The number of pyridine rings is 1. The third-order valence-corrected chi connectivity index (χ3v) is 2.57. The Morgan fingerprint density at radius 2 is 1.75 bits per heavy atom. The number of alkyl halides is 3. The van der Waals surface area contributed by atoms with E-state index >= 15 is 0 Å². The molecule has 1 nitrogen and oxygen atoms in total. The van der Waals surface area contributed by atoms with Crippen molar-refractivity contribution < 1.29 is 13.2 Å². The molecule has 0 amide bonds. The standard InChI is InChI=1S/C12H10F3N/c1-7-4-3-5-9-10(12(13,14)15)8(2)6-16-11(7)9/h3-6H,1-2H3. The van der Waals surface area contributed by atoms with Gasteiger partial charge in [-0.2, -0.15) is 13.2 Å². The van der Waals surface area contributed by atoms with Crippen LogP contribution in [0, 0.1) is 13.8 Å². The predicted octanol–water partition coefficient (Wildman–Crippen LogP) is 3.87. The first-order chi connectivity index (χ1) is 7.41. The van der Waals surface area contributed by atoms with Crippen molar-refractivity contribution in [2.75, 3.05) is 0 Å². The Kier molecular flexibility index (Phi) is 2.37. The summed E-state index contributed by atoms with van der Waals surface area (Å²) in [5.74, 6) is 0. The summed E-state index contributed by atoms with van der Waals surface area (Å²) in [7, 11) is 0. The fraction of sp³-hybridized carbons (Fsp3) is 0.250. The Morgan fingerprint density at radius 3 is 2.38 bits per heavy atom. The molecule has 0 aliphatic heterocycles. The lowest BCUT2D eigenvalue weighted by Crippen LogP contribution is -2.09. The van der Waals surface area contributed by atoms with Gasteiger partial charge in [-0.15, -0.1) is 0 Å². The molecule has 0 fully saturated rings. The van der Waals surface area contributed by atoms with Crippen LogP contribution in [0.3, 0.4) is 0 Å². The molecule has 16 heavy (non-hydrogen) atoms. The monoisotopic (exact) mass is 225 g/mol. The minimum Gasteiger partial charge on any atom is -0.256 e. The molecule has 1 heterocycles. The third kappa shape index (κ3) is 1.64. The number of aryl methyl sites for hydroxylation is 2. The molecule has 0 saturated carbocycles. The van der Waals surface area contributed by atoms with Gasteiger partial charge in [0, 0.05) is 11.6 Å². The van der Waals surface area contributed by atoms with Gasteiger partial charge in [-0.05, 0) is 25.0 Å². The van der Waals surface area contributed by atoms with Gasteiger partial charge in [0.2, 0.25) is 0 Å². The van der Waals surface area contributed by atoms with Crippen molar-refractivity contribution in [2.45, 2.75) is 20.0 Å². The van der Waals surface area contributed by atoms with E-state index in [9.17, 15) is 13.2 Å². The number of hydrogen-bond acceptors (Lipinski definition) is 1. The second-order valence-electron chi connectivity index (χ2n) is 3.79. The summed E-state index contributed by atoms with van der Waals surface area (Å²) < 4.78 is 38.6. The Morgan fingerprint density at radius 1 is 1.06 bits per heavy atom. The van der Waals surface area contributed by atoms with Crippen molar-refractivity contribution in [1.82, 2.24) is 4.98 Å². The van der Waals surface area contributed by atoms with Crippen molar-refractivity contribution in [1.29, 1.82) is 0 Å². The quantitative estimate of drug-likeness (QED) is 0.663. The van der Waals surface area contributed by atoms with Crippen LogP contribution >= 0.6 is 0 Å². The van der Waals surface area contributed by atoms with E-state index in [1.807, 2.05) is 0 Å². The summed E-state index contributed by atoms with van der Waals surface area (Å²) in [5, 5.41) is 0.174. The molecule has 0 spiro atoms. The number of fused-ring (bicyclic) bond motifs is 1. The van der Waals surface area contributed by atoms with Gasteiger partial charge in [-0.25, -0.2) is 0 Å². The molecule has 2 rings (SSSR count). The van der Waals surface area contributed by atoms with Crippen molar-refractivity contribution >= 4 is 10.9 Å². The van der Waals surface area contributed by atoms with Gasteiger partial charge in [-0.3, -0.25) is 4.98 Å². The van der Waals surface area contributed by atoms with E-state index in [2.05, 4.69) is 4.98 Å². The molecule has 0 aliphatic rings. The Labute approximate surface area is 90.9 Å². The van der Waals surface area contributed by atoms with Gasteiger partial charge in [0.25, 0.3) is 0 Å². The van der Waals surface area contributed by atoms with Crippen molar-refractivity contribution in [3.8, 4) is 0 Å². The zero-order chi connectivity index (χ0) is 11.9. The average Bonchev–Trinajstić information content (AvgIpc) is 2.15. The second kappa shape index (κ2) is 3.47. The molecule has 0 aliphatic carbocycles. The fourth-order valence-corrected chi connectivity index (χ4v) is 1.85. The largest absolute Gasteiger partial charge is 0.417 e. The number of rotatable bonds is 0. The molecule has 0 atom stereocenters. The summed E-state index contributed by atoms with van der Waals surface area (Å²) in [6.45, 7) is 3.18. The van der Waals surface area contributed by atoms with Gasteiger partial charge in [0.15, 0.2) is 0 Å². The lowest BCUT2D eigenvalue weighted by atomic mass is 10.0. The Bertz CT molecular complexity index is 544. The minimum absolute atomic E-state index is 0.158. The number of benzene rings is 1. The molecule has 4 heteroatoms. The summed E-state index contributed by atoms with van der Waals surface area (Å²) in [5.41, 5.74) is 0.746. The van der Waals surface area contributed by atoms with Gasteiger partial charge >= 0.3 is 6.18 Å². The molecule has 0 radical (unpaired) electrons. The Balaban J connectivity index is 2.91. The topological polar surface area (TPSA) is 12.9 Å². The average molecular weight is 225 g/mol. The predicted molar refractivity (Wildman–Crippen MR) is 56.2 cm³/mol. The van der Waals surface area contributed by atoms with Crippen LogP contribution in [-0.2, 0) is 6.18 Å². The third-order valence-electron chi connectivity index (χ3n) is 2.57. The first-order valence-corrected chi connectivity index (χ1v) is 4.83. The van der Waals surface area contributed by atoms with E-state index in [-0.39, 0.29) is 10.9 Å². The number of para-hydroxylation sites is 1. The van der Waals surface area contributed by atoms with Crippen LogP contribution < -0.4 is 0 Å². The Hall–Kier alpha value is -1.58. The highest BCUT2D eigenvalue weighted by Gasteiger charge is 2.34. The van der Waals surface area contributed by atoms with Crippen LogP contribution in [-0.4, -0.2) is 4.98 Å². The van der Waals surface area contributed by atoms with E-state index in [0.717, 1.165) is 5.56 Å². The number of aromatic nitrogens is 1. The maximum absolute atomic E-state index is 12.9. The van der Waals surface area contributed by atoms with Gasteiger partial charge in [0.05, 0.1) is 11.1 Å². The molecule has 2 aromatic rings. The molecule has 84 valence electrons. The maximum atomic E-state index is 12.9. The van der Waals surface area contributed by atoms with Crippen LogP contribution in [0.2, 0.25) is 0 Å². The van der Waals surface area contributed by atoms with E-state index < -0.39 is 11.7 Å². The number of halogens is 3. The molecule has 0 bridgehead atoms. The summed E-state index contributed by atoms with van der Waals surface area (Å²) >= 11 is 0. The summed E-state index contributed by atoms with van der Waals surface area (Å²) in [6.07, 6.45) is -3.06. The van der Waals surface area contributed by atoms with E-state index in [1.165, 1.54) is 19.2 Å². The number of hydrogen-bond donors (Lipinski definition) is 0. The van der Waals surface area contributed by atoms with Crippen molar-refractivity contribution in [3.05, 3.63) is 41.1 Å². The van der Waals surface area contributed by atoms with E-state index in [4.69, 9.17) is 0 Å². The molecular weight excluding hydrogens is 215 g/mol. The van der Waals surface area contributed by atoms with Crippen LogP contribution in [0.1, 0.15) is 16.7 Å². The molecule has 1 aromatic heterocycles. The molecule has 0 unspecified atom stereocenters. The lowest BCUT2D eigenvalue weighted by molar-refractivity contribution is -0.136. The van der Waals surface area contributed by atoms with Crippen LogP contribution in [0.15, 0.2) is 24.4 Å². The van der Waals surface area contributed by atoms with Gasteiger partial charge in [0.1, 0.15) is 0 Å². The zero-order valence-corrected chi connectivity index (χ0v) is 8.89. The maximum Gasteiger partial charge on any atom is 0.417 e. The van der Waals surface area contributed by atoms with Crippen molar-refractivity contribution in [2.24, 2.45) is 0 Å².